The molecule has 1 saturated heterocycles. The highest BCUT2D eigenvalue weighted by molar-refractivity contribution is 5.23. The molecule has 2 rings (SSSR count). The summed E-state index contributed by atoms with van der Waals surface area (Å²) < 4.78 is 1.19. The molecule has 4 N–H and O–H groups in total. The SMILES string of the molecule is CN1O[C@](CO)(n2ccc(N)nc2=O)C[C@@H]1CO. The second-order valence-electron chi connectivity index (χ2n) is 4.29. The molecule has 0 saturated carbocycles. The summed E-state index contributed by atoms with van der Waals surface area (Å²) in [5.41, 5.74) is 3.58. The molecule has 0 amide bonds. The first-order valence-corrected chi connectivity index (χ1v) is 5.52. The highest BCUT2D eigenvalue weighted by Crippen LogP contribution is 2.32. The van der Waals surface area contributed by atoms with E-state index in [9.17, 15) is 15.0 Å². The number of aromatic nitrogens is 2. The maximum Gasteiger partial charge on any atom is 0.351 e. The first-order valence-electron chi connectivity index (χ1n) is 5.52. The third-order valence-electron chi connectivity index (χ3n) is 3.10. The van der Waals surface area contributed by atoms with Crippen molar-refractivity contribution in [1.82, 2.24) is 14.6 Å². The number of hydrogen-bond acceptors (Lipinski definition) is 7. The van der Waals surface area contributed by atoms with Crippen molar-refractivity contribution < 1.29 is 15.1 Å². The van der Waals surface area contributed by atoms with Crippen LogP contribution in [0.4, 0.5) is 5.82 Å². The quantitative estimate of drug-likeness (QED) is 0.578. The smallest absolute Gasteiger partial charge is 0.351 e. The van der Waals surface area contributed by atoms with E-state index >= 15 is 0 Å². The number of anilines is 1. The van der Waals surface area contributed by atoms with Crippen LogP contribution in [0.5, 0.6) is 0 Å². The number of rotatable bonds is 3. The molecule has 1 aliphatic rings. The van der Waals surface area contributed by atoms with Crippen LogP contribution in [0.1, 0.15) is 6.42 Å². The van der Waals surface area contributed by atoms with Crippen LogP contribution in [0.3, 0.4) is 0 Å². The van der Waals surface area contributed by atoms with Crippen LogP contribution in [0.15, 0.2) is 17.1 Å². The van der Waals surface area contributed by atoms with E-state index in [2.05, 4.69) is 4.98 Å². The molecule has 0 aromatic carbocycles. The largest absolute Gasteiger partial charge is 0.395 e. The summed E-state index contributed by atoms with van der Waals surface area (Å²) >= 11 is 0. The highest BCUT2D eigenvalue weighted by Gasteiger charge is 2.46. The van der Waals surface area contributed by atoms with Crippen molar-refractivity contribution in [2.45, 2.75) is 18.2 Å². The number of likely N-dealkylation sites (N-methyl/N-ethyl adjacent to an activating group) is 1. The zero-order valence-electron chi connectivity index (χ0n) is 9.98. The van der Waals surface area contributed by atoms with E-state index in [1.54, 1.807) is 7.05 Å². The van der Waals surface area contributed by atoms with Gasteiger partial charge in [0.1, 0.15) is 5.82 Å². The minimum absolute atomic E-state index is 0.106. The maximum absolute atomic E-state index is 11.8. The Morgan fingerprint density at radius 3 is 2.89 bits per heavy atom. The molecule has 1 aliphatic heterocycles. The molecule has 1 aromatic heterocycles. The fourth-order valence-corrected chi connectivity index (χ4v) is 2.09. The van der Waals surface area contributed by atoms with E-state index < -0.39 is 18.0 Å². The molecular weight excluding hydrogens is 240 g/mol. The van der Waals surface area contributed by atoms with Crippen LogP contribution in [0.2, 0.25) is 0 Å². The van der Waals surface area contributed by atoms with Crippen LogP contribution in [0.25, 0.3) is 0 Å². The molecular formula is C10H16N4O4. The normalized spacial score (nSPS) is 28.7. The Balaban J connectivity index is 2.43. The Hall–Kier alpha value is -1.48. The number of hydrogen-bond donors (Lipinski definition) is 3. The van der Waals surface area contributed by atoms with E-state index in [0.29, 0.717) is 0 Å². The minimum atomic E-state index is -1.24. The van der Waals surface area contributed by atoms with E-state index in [-0.39, 0.29) is 24.9 Å². The number of hydroxylamine groups is 2. The third-order valence-corrected chi connectivity index (χ3v) is 3.10. The van der Waals surface area contributed by atoms with Crippen molar-refractivity contribution in [2.24, 2.45) is 0 Å². The lowest BCUT2D eigenvalue weighted by Crippen LogP contribution is -2.45. The lowest BCUT2D eigenvalue weighted by molar-refractivity contribution is -0.240. The lowest BCUT2D eigenvalue weighted by atomic mass is 10.1. The number of aliphatic hydroxyl groups is 2. The zero-order valence-corrected chi connectivity index (χ0v) is 9.98. The molecule has 18 heavy (non-hydrogen) atoms. The predicted molar refractivity (Wildman–Crippen MR) is 62.3 cm³/mol. The van der Waals surface area contributed by atoms with Gasteiger partial charge < -0.3 is 15.9 Å². The number of aliphatic hydroxyl groups excluding tert-OH is 2. The summed E-state index contributed by atoms with van der Waals surface area (Å²) in [5, 5.41) is 20.2. The summed E-state index contributed by atoms with van der Waals surface area (Å²) in [6.45, 7) is -0.533. The molecule has 1 fully saturated rings. The van der Waals surface area contributed by atoms with Gasteiger partial charge in [0, 0.05) is 19.7 Å². The Morgan fingerprint density at radius 1 is 1.67 bits per heavy atom. The molecule has 8 nitrogen and oxygen atoms in total. The average molecular weight is 256 g/mol. The van der Waals surface area contributed by atoms with Gasteiger partial charge in [0.15, 0.2) is 5.72 Å². The van der Waals surface area contributed by atoms with Crippen molar-refractivity contribution >= 4 is 5.82 Å². The maximum atomic E-state index is 11.8. The fourth-order valence-electron chi connectivity index (χ4n) is 2.09. The average Bonchev–Trinajstić information content (AvgIpc) is 2.67. The summed E-state index contributed by atoms with van der Waals surface area (Å²) in [5.74, 6) is 0.106. The van der Waals surface area contributed by atoms with Crippen LogP contribution in [-0.2, 0) is 10.6 Å². The second kappa shape index (κ2) is 4.65. The van der Waals surface area contributed by atoms with Crippen molar-refractivity contribution in [1.29, 1.82) is 0 Å². The molecule has 0 spiro atoms. The first kappa shape index (κ1) is 13.0. The monoisotopic (exact) mass is 256 g/mol. The summed E-state index contributed by atoms with van der Waals surface area (Å²) in [6, 6.07) is 1.16. The summed E-state index contributed by atoms with van der Waals surface area (Å²) in [6.07, 6.45) is 1.70. The zero-order chi connectivity index (χ0) is 13.3. The number of nitrogens with two attached hydrogens (primary N) is 1. The van der Waals surface area contributed by atoms with Gasteiger partial charge in [-0.3, -0.25) is 9.40 Å². The number of nitrogen functional groups attached to an aromatic ring is 1. The molecule has 0 bridgehead atoms. The molecule has 0 aliphatic carbocycles. The van der Waals surface area contributed by atoms with Gasteiger partial charge in [-0.15, -0.1) is 0 Å². The van der Waals surface area contributed by atoms with Crippen molar-refractivity contribution in [3.8, 4) is 0 Å². The van der Waals surface area contributed by atoms with Gasteiger partial charge in [-0.2, -0.15) is 10.0 Å². The Kier molecular flexibility index (Phi) is 3.35. The van der Waals surface area contributed by atoms with E-state index in [1.807, 2.05) is 0 Å². The van der Waals surface area contributed by atoms with E-state index in [1.165, 1.54) is 21.9 Å². The van der Waals surface area contributed by atoms with Gasteiger partial charge in [-0.1, -0.05) is 0 Å². The minimum Gasteiger partial charge on any atom is -0.395 e. The molecule has 2 atom stereocenters. The van der Waals surface area contributed by atoms with Gasteiger partial charge >= 0.3 is 5.69 Å². The molecule has 0 unspecified atom stereocenters. The first-order chi connectivity index (χ1) is 8.52. The van der Waals surface area contributed by atoms with Crippen LogP contribution in [0, 0.1) is 0 Å². The van der Waals surface area contributed by atoms with Gasteiger partial charge in [0.05, 0.1) is 19.3 Å². The Morgan fingerprint density at radius 2 is 2.39 bits per heavy atom. The third kappa shape index (κ3) is 1.99. The molecule has 2 heterocycles. The topological polar surface area (TPSA) is 114 Å². The number of nitrogens with zero attached hydrogens (tertiary/aromatic N) is 3. The molecule has 100 valence electrons. The molecule has 0 radical (unpaired) electrons. The molecule has 8 heteroatoms. The second-order valence-corrected chi connectivity index (χ2v) is 4.29. The standard InChI is InChI=1S/C10H16N4O4/c1-13-7(5-15)4-10(6-16,18-13)14-3-2-8(11)12-9(14)17/h2-3,7,15-16H,4-6H2,1H3,(H2,11,12,17)/t7-,10-/m1/s1. The van der Waals surface area contributed by atoms with Crippen LogP contribution < -0.4 is 11.4 Å². The van der Waals surface area contributed by atoms with Crippen molar-refractivity contribution in [2.75, 3.05) is 26.0 Å². The summed E-state index contributed by atoms with van der Waals surface area (Å²) in [7, 11) is 1.63. The predicted octanol–water partition coefficient (Wildman–Crippen LogP) is -1.90. The summed E-state index contributed by atoms with van der Waals surface area (Å²) in [4.78, 5) is 20.9. The Labute approximate surface area is 103 Å². The Bertz CT molecular complexity index is 491. The van der Waals surface area contributed by atoms with Crippen molar-refractivity contribution in [3.05, 3.63) is 22.7 Å². The van der Waals surface area contributed by atoms with Gasteiger partial charge in [-0.25, -0.2) is 4.79 Å². The van der Waals surface area contributed by atoms with Crippen LogP contribution >= 0.6 is 0 Å². The van der Waals surface area contributed by atoms with Gasteiger partial charge in [-0.05, 0) is 6.07 Å². The van der Waals surface area contributed by atoms with Crippen LogP contribution in [-0.4, -0.2) is 51.1 Å². The van der Waals surface area contributed by atoms with Gasteiger partial charge in [0.25, 0.3) is 0 Å². The van der Waals surface area contributed by atoms with Crippen molar-refractivity contribution in [3.63, 3.8) is 0 Å². The highest BCUT2D eigenvalue weighted by atomic mass is 16.7. The van der Waals surface area contributed by atoms with E-state index in [4.69, 9.17) is 10.6 Å². The lowest BCUT2D eigenvalue weighted by Gasteiger charge is -2.27. The van der Waals surface area contributed by atoms with Gasteiger partial charge in [0.2, 0.25) is 0 Å². The molecule has 1 aromatic rings. The van der Waals surface area contributed by atoms with E-state index in [0.717, 1.165) is 0 Å². The fraction of sp³-hybridized carbons (Fsp3) is 0.600.